The summed E-state index contributed by atoms with van der Waals surface area (Å²) in [6.45, 7) is 2.66. The quantitative estimate of drug-likeness (QED) is 0.773. The van der Waals surface area contributed by atoms with Crippen LogP contribution in [0.1, 0.15) is 51.9 Å². The monoisotopic (exact) mass is 283 g/mol. The molecule has 1 aliphatic carbocycles. The molecule has 0 radical (unpaired) electrons. The molecule has 0 aromatic carbocycles. The van der Waals surface area contributed by atoms with E-state index in [9.17, 15) is 14.7 Å². The summed E-state index contributed by atoms with van der Waals surface area (Å²) in [5, 5.41) is 12.4. The van der Waals surface area contributed by atoms with Gasteiger partial charge in [0.1, 0.15) is 0 Å². The predicted molar refractivity (Wildman–Crippen MR) is 74.3 cm³/mol. The van der Waals surface area contributed by atoms with Crippen molar-refractivity contribution in [2.24, 2.45) is 11.3 Å². The zero-order chi connectivity index (χ0) is 14.6. The van der Waals surface area contributed by atoms with E-state index >= 15 is 0 Å². The van der Waals surface area contributed by atoms with Gasteiger partial charge < -0.3 is 15.2 Å². The summed E-state index contributed by atoms with van der Waals surface area (Å²) in [5.74, 6) is -0.948. The van der Waals surface area contributed by atoms with Crippen LogP contribution in [0.15, 0.2) is 0 Å². The average Bonchev–Trinajstić information content (AvgIpc) is 2.71. The summed E-state index contributed by atoms with van der Waals surface area (Å²) < 4.78 is 5.39. The Balaban J connectivity index is 1.91. The molecule has 2 N–H and O–H groups in total. The first-order chi connectivity index (χ1) is 9.53. The molecule has 2 aliphatic rings. The van der Waals surface area contributed by atoms with Gasteiger partial charge in [0.25, 0.3) is 0 Å². The lowest BCUT2D eigenvalue weighted by molar-refractivity contribution is -0.150. The molecule has 2 rings (SSSR count). The van der Waals surface area contributed by atoms with Crippen LogP contribution in [0, 0.1) is 11.3 Å². The van der Waals surface area contributed by atoms with Crippen molar-refractivity contribution < 1.29 is 19.4 Å². The van der Waals surface area contributed by atoms with E-state index in [2.05, 4.69) is 5.32 Å². The maximum atomic E-state index is 12.1. The Morgan fingerprint density at radius 3 is 2.40 bits per heavy atom. The van der Waals surface area contributed by atoms with Crippen LogP contribution in [-0.2, 0) is 14.3 Å². The molecule has 2 unspecified atom stereocenters. The Morgan fingerprint density at radius 1 is 1.25 bits per heavy atom. The molecule has 0 aromatic rings. The molecule has 0 bridgehead atoms. The van der Waals surface area contributed by atoms with Crippen molar-refractivity contribution in [2.45, 2.75) is 58.0 Å². The number of hydrogen-bond acceptors (Lipinski definition) is 3. The number of carboxylic acid groups (broad SMARTS) is 1. The van der Waals surface area contributed by atoms with Gasteiger partial charge in [-0.05, 0) is 26.2 Å². The third kappa shape index (κ3) is 3.51. The highest BCUT2D eigenvalue weighted by atomic mass is 16.5. The molecule has 0 spiro atoms. The molecule has 1 amide bonds. The van der Waals surface area contributed by atoms with Gasteiger partial charge in [0.15, 0.2) is 0 Å². The first-order valence-corrected chi connectivity index (χ1v) is 7.66. The van der Waals surface area contributed by atoms with Crippen LogP contribution in [0.2, 0.25) is 0 Å². The predicted octanol–water partition coefficient (Wildman–Crippen LogP) is 1.95. The van der Waals surface area contributed by atoms with Gasteiger partial charge in [-0.1, -0.05) is 25.7 Å². The van der Waals surface area contributed by atoms with Gasteiger partial charge in [-0.3, -0.25) is 9.59 Å². The van der Waals surface area contributed by atoms with Crippen LogP contribution >= 0.6 is 0 Å². The highest BCUT2D eigenvalue weighted by molar-refractivity contribution is 5.81. The largest absolute Gasteiger partial charge is 0.481 e. The minimum absolute atomic E-state index is 0.0563. The smallest absolute Gasteiger partial charge is 0.311 e. The average molecular weight is 283 g/mol. The van der Waals surface area contributed by atoms with Crippen molar-refractivity contribution in [3.8, 4) is 0 Å². The second-order valence-electron chi connectivity index (χ2n) is 6.29. The van der Waals surface area contributed by atoms with Crippen molar-refractivity contribution in [1.29, 1.82) is 0 Å². The molecule has 20 heavy (non-hydrogen) atoms. The standard InChI is InChI=1S/C15H25NO4/c1-11-8-12(9-20-11)13(17)16-10-15(14(18)19)6-4-2-3-5-7-15/h11-12H,2-10H2,1H3,(H,16,17)(H,18,19). The van der Waals surface area contributed by atoms with Gasteiger partial charge >= 0.3 is 5.97 Å². The SMILES string of the molecule is CC1CC(C(=O)NCC2(C(=O)O)CCCCCC2)CO1. The van der Waals surface area contributed by atoms with E-state index in [0.29, 0.717) is 19.4 Å². The van der Waals surface area contributed by atoms with Crippen molar-refractivity contribution in [3.63, 3.8) is 0 Å². The van der Waals surface area contributed by atoms with E-state index in [0.717, 1.165) is 32.1 Å². The van der Waals surface area contributed by atoms with E-state index in [4.69, 9.17) is 4.74 Å². The molecule has 1 aliphatic heterocycles. The van der Waals surface area contributed by atoms with Crippen LogP contribution in [0.5, 0.6) is 0 Å². The number of rotatable bonds is 4. The summed E-state index contributed by atoms with van der Waals surface area (Å²) in [6.07, 6.45) is 6.24. The minimum Gasteiger partial charge on any atom is -0.481 e. The molecule has 1 heterocycles. The molecular weight excluding hydrogens is 258 g/mol. The van der Waals surface area contributed by atoms with Crippen molar-refractivity contribution >= 4 is 11.9 Å². The lowest BCUT2D eigenvalue weighted by atomic mass is 9.80. The number of carbonyl (C=O) groups excluding carboxylic acids is 1. The summed E-state index contributed by atoms with van der Waals surface area (Å²) in [6, 6.07) is 0. The maximum absolute atomic E-state index is 12.1. The third-order valence-corrected chi connectivity index (χ3v) is 4.68. The Kier molecular flexibility index (Phi) is 5.02. The molecule has 114 valence electrons. The number of hydrogen-bond donors (Lipinski definition) is 2. The topological polar surface area (TPSA) is 75.6 Å². The highest BCUT2D eigenvalue weighted by Crippen LogP contribution is 2.35. The fourth-order valence-corrected chi connectivity index (χ4v) is 3.27. The van der Waals surface area contributed by atoms with Gasteiger partial charge in [0.05, 0.1) is 24.0 Å². The minimum atomic E-state index is -0.768. The summed E-state index contributed by atoms with van der Waals surface area (Å²) >= 11 is 0. The van der Waals surface area contributed by atoms with E-state index < -0.39 is 11.4 Å². The van der Waals surface area contributed by atoms with Gasteiger partial charge in [0.2, 0.25) is 5.91 Å². The maximum Gasteiger partial charge on any atom is 0.311 e. The second-order valence-corrected chi connectivity index (χ2v) is 6.29. The zero-order valence-corrected chi connectivity index (χ0v) is 12.2. The van der Waals surface area contributed by atoms with Crippen LogP contribution in [-0.4, -0.2) is 36.2 Å². The molecule has 1 saturated heterocycles. The van der Waals surface area contributed by atoms with E-state index in [1.165, 1.54) is 0 Å². The molecule has 2 atom stereocenters. The fourth-order valence-electron chi connectivity index (χ4n) is 3.27. The second kappa shape index (κ2) is 6.57. The van der Waals surface area contributed by atoms with Gasteiger partial charge in [-0.25, -0.2) is 0 Å². The number of carboxylic acids is 1. The number of carbonyl (C=O) groups is 2. The van der Waals surface area contributed by atoms with Crippen molar-refractivity contribution in [2.75, 3.05) is 13.2 Å². The Bertz CT molecular complexity index is 361. The first-order valence-electron chi connectivity index (χ1n) is 7.66. The summed E-state index contributed by atoms with van der Waals surface area (Å²) in [7, 11) is 0. The van der Waals surface area contributed by atoms with Gasteiger partial charge in [-0.2, -0.15) is 0 Å². The third-order valence-electron chi connectivity index (χ3n) is 4.68. The number of amides is 1. The van der Waals surface area contributed by atoms with Gasteiger partial charge in [-0.15, -0.1) is 0 Å². The van der Waals surface area contributed by atoms with Crippen LogP contribution < -0.4 is 5.32 Å². The number of ether oxygens (including phenoxy) is 1. The summed E-state index contributed by atoms with van der Waals surface area (Å²) in [4.78, 5) is 23.7. The Morgan fingerprint density at radius 2 is 1.90 bits per heavy atom. The summed E-state index contributed by atoms with van der Waals surface area (Å²) in [5.41, 5.74) is -0.767. The molecular formula is C15H25NO4. The van der Waals surface area contributed by atoms with E-state index in [1.54, 1.807) is 0 Å². The van der Waals surface area contributed by atoms with Gasteiger partial charge in [0, 0.05) is 6.54 Å². The first kappa shape index (κ1) is 15.3. The zero-order valence-electron chi connectivity index (χ0n) is 12.2. The Labute approximate surface area is 120 Å². The fraction of sp³-hybridized carbons (Fsp3) is 0.867. The molecule has 5 heteroatoms. The highest BCUT2D eigenvalue weighted by Gasteiger charge is 2.39. The lowest BCUT2D eigenvalue weighted by Gasteiger charge is -2.28. The molecule has 5 nitrogen and oxygen atoms in total. The Hall–Kier alpha value is -1.10. The molecule has 0 aromatic heterocycles. The van der Waals surface area contributed by atoms with E-state index in [1.807, 2.05) is 6.92 Å². The van der Waals surface area contributed by atoms with E-state index in [-0.39, 0.29) is 24.5 Å². The van der Waals surface area contributed by atoms with Crippen molar-refractivity contribution in [3.05, 3.63) is 0 Å². The lowest BCUT2D eigenvalue weighted by Crippen LogP contribution is -2.44. The number of nitrogens with one attached hydrogen (secondary N) is 1. The molecule has 2 fully saturated rings. The van der Waals surface area contributed by atoms with Crippen LogP contribution in [0.3, 0.4) is 0 Å². The van der Waals surface area contributed by atoms with Crippen LogP contribution in [0.4, 0.5) is 0 Å². The normalized spacial score (nSPS) is 29.6. The molecule has 1 saturated carbocycles. The number of aliphatic carboxylic acids is 1. The van der Waals surface area contributed by atoms with Crippen LogP contribution in [0.25, 0.3) is 0 Å². The van der Waals surface area contributed by atoms with Crippen molar-refractivity contribution in [1.82, 2.24) is 5.32 Å².